The van der Waals surface area contributed by atoms with Crippen molar-refractivity contribution in [2.75, 3.05) is 0 Å². The number of halogens is 1. The summed E-state index contributed by atoms with van der Waals surface area (Å²) in [6.45, 7) is 5.08. The van der Waals surface area contributed by atoms with Gasteiger partial charge in [-0.15, -0.1) is 0 Å². The molecular formula is C24H23FN6. The Kier molecular flexibility index (Phi) is 4.58. The van der Waals surface area contributed by atoms with E-state index in [4.69, 9.17) is 0 Å². The molecule has 156 valence electrons. The molecule has 0 aliphatic heterocycles. The molecule has 7 heteroatoms. The second kappa shape index (κ2) is 7.31. The molecule has 0 radical (unpaired) electrons. The van der Waals surface area contributed by atoms with Gasteiger partial charge in [-0.1, -0.05) is 19.8 Å². The molecule has 1 aliphatic carbocycles. The van der Waals surface area contributed by atoms with E-state index in [0.29, 0.717) is 11.3 Å². The Morgan fingerprint density at radius 2 is 1.97 bits per heavy atom. The van der Waals surface area contributed by atoms with Gasteiger partial charge in [-0.3, -0.25) is 4.68 Å². The van der Waals surface area contributed by atoms with Gasteiger partial charge in [0, 0.05) is 41.8 Å². The second-order valence-electron chi connectivity index (χ2n) is 8.83. The zero-order valence-corrected chi connectivity index (χ0v) is 17.6. The molecule has 0 aromatic carbocycles. The van der Waals surface area contributed by atoms with Crippen molar-refractivity contribution >= 4 is 5.65 Å². The fraction of sp³-hybridized carbons (Fsp3) is 0.333. The maximum atomic E-state index is 14.6. The van der Waals surface area contributed by atoms with Crippen molar-refractivity contribution in [3.63, 3.8) is 0 Å². The Bertz CT molecular complexity index is 1320. The molecule has 1 saturated carbocycles. The molecule has 0 amide bonds. The van der Waals surface area contributed by atoms with Crippen LogP contribution in [0.15, 0.2) is 43.0 Å². The summed E-state index contributed by atoms with van der Waals surface area (Å²) >= 11 is 0. The summed E-state index contributed by atoms with van der Waals surface area (Å²) in [5.41, 5.74) is 4.44. The number of aryl methyl sites for hydroxylation is 1. The van der Waals surface area contributed by atoms with Crippen LogP contribution in [0.2, 0.25) is 0 Å². The van der Waals surface area contributed by atoms with E-state index in [1.165, 1.54) is 31.7 Å². The van der Waals surface area contributed by atoms with Crippen LogP contribution >= 0.6 is 0 Å². The van der Waals surface area contributed by atoms with Crippen LogP contribution in [0.1, 0.15) is 44.0 Å². The third-order valence-corrected chi connectivity index (χ3v) is 6.23. The Balaban J connectivity index is 1.60. The van der Waals surface area contributed by atoms with Gasteiger partial charge in [-0.25, -0.2) is 14.4 Å². The summed E-state index contributed by atoms with van der Waals surface area (Å²) in [4.78, 5) is 8.88. The van der Waals surface area contributed by atoms with Crippen LogP contribution in [0.4, 0.5) is 4.39 Å². The lowest BCUT2D eigenvalue weighted by molar-refractivity contribution is 0.268. The summed E-state index contributed by atoms with van der Waals surface area (Å²) in [7, 11) is 0. The topological polar surface area (TPSA) is 71.8 Å². The molecule has 4 heterocycles. The molecule has 0 N–H and O–H groups in total. The van der Waals surface area contributed by atoms with Gasteiger partial charge >= 0.3 is 0 Å². The van der Waals surface area contributed by atoms with Crippen molar-refractivity contribution in [1.82, 2.24) is 24.1 Å². The number of nitrogens with zero attached hydrogens (tertiary/aromatic N) is 6. The minimum absolute atomic E-state index is 0.219. The van der Waals surface area contributed by atoms with Gasteiger partial charge in [0.05, 0.1) is 17.6 Å². The number of imidazole rings is 1. The van der Waals surface area contributed by atoms with Crippen molar-refractivity contribution in [1.29, 1.82) is 5.26 Å². The summed E-state index contributed by atoms with van der Waals surface area (Å²) < 4.78 is 18.4. The summed E-state index contributed by atoms with van der Waals surface area (Å²) in [6.07, 6.45) is 12.5. The zero-order valence-electron chi connectivity index (χ0n) is 17.6. The van der Waals surface area contributed by atoms with Gasteiger partial charge in [0.15, 0.2) is 11.5 Å². The summed E-state index contributed by atoms with van der Waals surface area (Å²) in [5.74, 6) is -0.630. The lowest BCUT2D eigenvalue weighted by Gasteiger charge is -2.22. The van der Waals surface area contributed by atoms with E-state index in [9.17, 15) is 9.65 Å². The highest BCUT2D eigenvalue weighted by molar-refractivity contribution is 5.81. The molecule has 4 aromatic rings. The molecule has 0 unspecified atom stereocenters. The maximum Gasteiger partial charge on any atom is 0.176 e. The molecule has 0 bridgehead atoms. The first kappa shape index (κ1) is 19.4. The second-order valence-corrected chi connectivity index (χ2v) is 8.83. The summed E-state index contributed by atoms with van der Waals surface area (Å²) in [5, 5.41) is 13.9. The van der Waals surface area contributed by atoms with Gasteiger partial charge in [0.1, 0.15) is 11.7 Å². The first-order chi connectivity index (χ1) is 14.9. The molecule has 4 aromatic heterocycles. The number of hydrogen-bond acceptors (Lipinski definition) is 4. The smallest absolute Gasteiger partial charge is 0.176 e. The van der Waals surface area contributed by atoms with E-state index in [1.54, 1.807) is 6.20 Å². The predicted molar refractivity (Wildman–Crippen MR) is 116 cm³/mol. The molecule has 0 saturated heterocycles. The fourth-order valence-electron chi connectivity index (χ4n) is 4.63. The zero-order chi connectivity index (χ0) is 21.6. The van der Waals surface area contributed by atoms with E-state index in [1.807, 2.05) is 52.8 Å². The van der Waals surface area contributed by atoms with Crippen molar-refractivity contribution < 1.29 is 4.39 Å². The van der Waals surface area contributed by atoms with Crippen LogP contribution < -0.4 is 0 Å². The highest BCUT2D eigenvalue weighted by Crippen LogP contribution is 2.39. The molecule has 0 atom stereocenters. The molecule has 31 heavy (non-hydrogen) atoms. The van der Waals surface area contributed by atoms with Crippen molar-refractivity contribution in [2.24, 2.45) is 5.41 Å². The fourth-order valence-corrected chi connectivity index (χ4v) is 4.63. The van der Waals surface area contributed by atoms with E-state index in [-0.39, 0.29) is 11.1 Å². The SMILES string of the molecule is Cc1cn2ccc(-c3nc(C#N)c(F)cc3-c3cnn(CC4(C)CCCC4)c3)cc2n1. The van der Waals surface area contributed by atoms with Gasteiger partial charge < -0.3 is 4.40 Å². The van der Waals surface area contributed by atoms with Crippen molar-refractivity contribution in [3.8, 4) is 28.5 Å². The standard InChI is InChI=1S/C24H23FN6/c1-16-13-30-8-5-17(9-22(30)28-16)23-19(10-20(25)21(11-26)29-23)18-12-27-31(14-18)15-24(2)6-3-4-7-24/h5,8-10,12-14H,3-4,6-7,15H2,1-2H3. The Morgan fingerprint density at radius 3 is 2.74 bits per heavy atom. The molecular weight excluding hydrogens is 391 g/mol. The van der Waals surface area contributed by atoms with Crippen molar-refractivity contribution in [3.05, 3.63) is 60.2 Å². The highest BCUT2D eigenvalue weighted by Gasteiger charge is 2.29. The van der Waals surface area contributed by atoms with E-state index >= 15 is 0 Å². The summed E-state index contributed by atoms with van der Waals surface area (Å²) in [6, 6.07) is 7.06. The number of pyridine rings is 2. The third kappa shape index (κ3) is 3.59. The lowest BCUT2D eigenvalue weighted by Crippen LogP contribution is -2.19. The molecule has 1 aliphatic rings. The third-order valence-electron chi connectivity index (χ3n) is 6.23. The molecule has 6 nitrogen and oxygen atoms in total. The first-order valence-corrected chi connectivity index (χ1v) is 10.5. The van der Waals surface area contributed by atoms with Gasteiger partial charge in [0.2, 0.25) is 0 Å². The molecule has 5 rings (SSSR count). The minimum Gasteiger partial charge on any atom is -0.307 e. The average molecular weight is 414 g/mol. The molecule has 1 fully saturated rings. The van der Waals surface area contributed by atoms with Crippen LogP contribution in [0.25, 0.3) is 28.0 Å². The normalized spacial score (nSPS) is 15.4. The van der Waals surface area contributed by atoms with Crippen LogP contribution in [0.5, 0.6) is 0 Å². The van der Waals surface area contributed by atoms with Gasteiger partial charge in [-0.2, -0.15) is 10.4 Å². The van der Waals surface area contributed by atoms with Crippen LogP contribution in [0.3, 0.4) is 0 Å². The number of rotatable bonds is 4. The van der Waals surface area contributed by atoms with Crippen LogP contribution in [-0.2, 0) is 6.54 Å². The van der Waals surface area contributed by atoms with E-state index < -0.39 is 5.82 Å². The van der Waals surface area contributed by atoms with Crippen LogP contribution in [-0.4, -0.2) is 24.1 Å². The van der Waals surface area contributed by atoms with Crippen LogP contribution in [0, 0.1) is 29.5 Å². The van der Waals surface area contributed by atoms with E-state index in [2.05, 4.69) is 22.0 Å². The molecule has 0 spiro atoms. The first-order valence-electron chi connectivity index (χ1n) is 10.5. The number of nitriles is 1. The largest absolute Gasteiger partial charge is 0.307 e. The predicted octanol–water partition coefficient (Wildman–Crippen LogP) is 5.16. The van der Waals surface area contributed by atoms with Crippen molar-refractivity contribution in [2.45, 2.75) is 46.1 Å². The highest BCUT2D eigenvalue weighted by atomic mass is 19.1. The van der Waals surface area contributed by atoms with E-state index in [0.717, 1.165) is 29.0 Å². The maximum absolute atomic E-state index is 14.6. The minimum atomic E-state index is -0.630. The monoisotopic (exact) mass is 414 g/mol. The lowest BCUT2D eigenvalue weighted by atomic mass is 9.89. The number of fused-ring (bicyclic) bond motifs is 1. The number of hydrogen-bond donors (Lipinski definition) is 0. The number of aromatic nitrogens is 5. The van der Waals surface area contributed by atoms with Gasteiger partial charge in [-0.05, 0) is 43.4 Å². The van der Waals surface area contributed by atoms with Gasteiger partial charge in [0.25, 0.3) is 0 Å². The Labute approximate surface area is 180 Å². The average Bonchev–Trinajstić information content (AvgIpc) is 3.47. The Morgan fingerprint density at radius 1 is 1.16 bits per heavy atom. The quantitative estimate of drug-likeness (QED) is 0.462. The Hall–Kier alpha value is -3.53.